The van der Waals surface area contributed by atoms with E-state index in [-0.39, 0.29) is 23.8 Å². The second-order valence-corrected chi connectivity index (χ2v) is 10.1. The van der Waals surface area contributed by atoms with Gasteiger partial charge in [-0.15, -0.1) is 0 Å². The maximum atomic E-state index is 13.6. The number of sulfonamides is 1. The van der Waals surface area contributed by atoms with Crippen molar-refractivity contribution >= 4 is 27.8 Å². The normalized spacial score (nSPS) is 23.2. The van der Waals surface area contributed by atoms with Crippen molar-refractivity contribution in [2.75, 3.05) is 20.2 Å². The van der Waals surface area contributed by atoms with E-state index in [0.717, 1.165) is 0 Å². The zero-order valence-electron chi connectivity index (χ0n) is 18.9. The lowest BCUT2D eigenvalue weighted by atomic mass is 9.96. The zero-order chi connectivity index (χ0) is 24.5. The Morgan fingerprint density at radius 1 is 1.18 bits per heavy atom. The van der Waals surface area contributed by atoms with Crippen molar-refractivity contribution < 1.29 is 32.0 Å². The number of carbonyl (C=O) groups is 3. The fourth-order valence-corrected chi connectivity index (χ4v) is 5.77. The number of ether oxygens (including phenoxy) is 1. The van der Waals surface area contributed by atoms with Crippen molar-refractivity contribution in [2.24, 2.45) is 7.05 Å². The molecular formula is C21H27N5O7S. The van der Waals surface area contributed by atoms with Crippen LogP contribution in [0.3, 0.4) is 0 Å². The van der Waals surface area contributed by atoms with Gasteiger partial charge >= 0.3 is 5.97 Å². The van der Waals surface area contributed by atoms with Gasteiger partial charge in [0.25, 0.3) is 15.9 Å². The van der Waals surface area contributed by atoms with Crippen LogP contribution in [0.1, 0.15) is 36.2 Å². The lowest BCUT2D eigenvalue weighted by molar-refractivity contribution is -0.153. The lowest BCUT2D eigenvalue weighted by Gasteiger charge is -2.40. The Morgan fingerprint density at radius 3 is 2.62 bits per heavy atom. The minimum atomic E-state index is -3.92. The molecule has 0 bridgehead atoms. The number of carbonyl (C=O) groups excluding carboxylic acids is 3. The van der Waals surface area contributed by atoms with E-state index in [2.05, 4.69) is 9.71 Å². The topological polar surface area (TPSA) is 144 Å². The SMILES string of the molecule is COC(=O)C1CCCN1C(=O)C1CC(NS(=O)(=O)c2cn(C)cn2)CCN1C(=O)c1ccco1. The predicted molar refractivity (Wildman–Crippen MR) is 117 cm³/mol. The molecule has 2 aliphatic rings. The van der Waals surface area contributed by atoms with Crippen LogP contribution in [0.15, 0.2) is 40.4 Å². The smallest absolute Gasteiger partial charge is 0.328 e. The first-order chi connectivity index (χ1) is 16.2. The van der Waals surface area contributed by atoms with Crippen LogP contribution in [-0.2, 0) is 31.4 Å². The molecule has 0 aromatic carbocycles. The summed E-state index contributed by atoms with van der Waals surface area (Å²) in [5, 5.41) is -0.128. The van der Waals surface area contributed by atoms with E-state index in [4.69, 9.17) is 9.15 Å². The van der Waals surface area contributed by atoms with Crippen LogP contribution in [0.5, 0.6) is 0 Å². The maximum absolute atomic E-state index is 13.6. The number of likely N-dealkylation sites (tertiary alicyclic amines) is 2. The minimum absolute atomic E-state index is 0.0434. The van der Waals surface area contributed by atoms with Crippen LogP contribution < -0.4 is 4.72 Å². The molecule has 184 valence electrons. The van der Waals surface area contributed by atoms with Gasteiger partial charge in [0, 0.05) is 32.4 Å². The molecule has 2 saturated heterocycles. The Bertz CT molecular complexity index is 1160. The van der Waals surface area contributed by atoms with Crippen molar-refractivity contribution in [3.05, 3.63) is 36.7 Å². The second-order valence-electron chi connectivity index (χ2n) is 8.42. The number of nitrogens with one attached hydrogen (secondary N) is 1. The molecule has 34 heavy (non-hydrogen) atoms. The molecule has 2 fully saturated rings. The van der Waals surface area contributed by atoms with Gasteiger partial charge in [0.1, 0.15) is 12.1 Å². The molecular weight excluding hydrogens is 466 g/mol. The standard InChI is InChI=1S/C21H27N5O7S/c1-24-12-18(22-13-24)34(30,31)23-14-7-9-26(20(28)17-6-4-10-33-17)16(11-14)19(27)25-8-3-5-15(25)21(29)32-2/h4,6,10,12-16,23H,3,5,7-9,11H2,1-2H3. The summed E-state index contributed by atoms with van der Waals surface area (Å²) in [6.07, 6.45) is 5.56. The van der Waals surface area contributed by atoms with Crippen LogP contribution in [0.2, 0.25) is 0 Å². The fraction of sp³-hybridized carbons (Fsp3) is 0.524. The number of furan rings is 1. The first-order valence-corrected chi connectivity index (χ1v) is 12.4. The number of hydrogen-bond donors (Lipinski definition) is 1. The molecule has 2 aromatic heterocycles. The van der Waals surface area contributed by atoms with E-state index in [0.29, 0.717) is 25.8 Å². The van der Waals surface area contributed by atoms with E-state index < -0.39 is 45.9 Å². The molecule has 12 nitrogen and oxygen atoms in total. The molecule has 3 atom stereocenters. The third-order valence-corrected chi connectivity index (χ3v) is 7.57. The van der Waals surface area contributed by atoms with Gasteiger partial charge in [-0.1, -0.05) is 0 Å². The molecule has 1 N–H and O–H groups in total. The molecule has 0 radical (unpaired) electrons. The number of aromatic nitrogens is 2. The average Bonchev–Trinajstić information content (AvgIpc) is 3.59. The largest absolute Gasteiger partial charge is 0.467 e. The fourth-order valence-electron chi connectivity index (χ4n) is 4.50. The second kappa shape index (κ2) is 9.58. The van der Waals surface area contributed by atoms with Gasteiger partial charge in [-0.25, -0.2) is 22.9 Å². The highest BCUT2D eigenvalue weighted by Crippen LogP contribution is 2.27. The molecule has 2 amide bonds. The summed E-state index contributed by atoms with van der Waals surface area (Å²) >= 11 is 0. The molecule has 0 aliphatic carbocycles. The molecule has 2 aromatic rings. The van der Waals surface area contributed by atoms with Crippen molar-refractivity contribution in [3.63, 3.8) is 0 Å². The quantitative estimate of drug-likeness (QED) is 0.559. The highest BCUT2D eigenvalue weighted by Gasteiger charge is 2.44. The number of hydrogen-bond acceptors (Lipinski definition) is 8. The highest BCUT2D eigenvalue weighted by molar-refractivity contribution is 7.89. The number of methoxy groups -OCH3 is 1. The van der Waals surface area contributed by atoms with Crippen molar-refractivity contribution in [1.29, 1.82) is 0 Å². The number of rotatable bonds is 6. The average molecular weight is 494 g/mol. The monoisotopic (exact) mass is 493 g/mol. The van der Waals surface area contributed by atoms with Gasteiger partial charge in [-0.3, -0.25) is 9.59 Å². The first-order valence-electron chi connectivity index (χ1n) is 10.9. The van der Waals surface area contributed by atoms with E-state index in [1.54, 1.807) is 13.1 Å². The van der Waals surface area contributed by atoms with Crippen LogP contribution in [-0.4, -0.2) is 83.9 Å². The van der Waals surface area contributed by atoms with Crippen LogP contribution >= 0.6 is 0 Å². The molecule has 2 aliphatic heterocycles. The number of imidazole rings is 1. The van der Waals surface area contributed by atoms with Crippen molar-refractivity contribution in [2.45, 2.75) is 48.8 Å². The molecule has 0 saturated carbocycles. The van der Waals surface area contributed by atoms with Gasteiger partial charge in [0.05, 0.1) is 19.7 Å². The summed E-state index contributed by atoms with van der Waals surface area (Å²) in [5.74, 6) is -1.33. The van der Waals surface area contributed by atoms with Gasteiger partial charge in [0.15, 0.2) is 10.8 Å². The van der Waals surface area contributed by atoms with Gasteiger partial charge < -0.3 is 23.5 Å². The molecule has 0 spiro atoms. The van der Waals surface area contributed by atoms with Crippen molar-refractivity contribution in [3.8, 4) is 0 Å². The third-order valence-electron chi connectivity index (χ3n) is 6.17. The van der Waals surface area contributed by atoms with E-state index in [9.17, 15) is 22.8 Å². The van der Waals surface area contributed by atoms with Crippen molar-refractivity contribution in [1.82, 2.24) is 24.1 Å². The Balaban J connectivity index is 1.58. The van der Waals surface area contributed by atoms with Gasteiger partial charge in [-0.2, -0.15) is 0 Å². The van der Waals surface area contributed by atoms with Gasteiger partial charge in [0.2, 0.25) is 5.91 Å². The summed E-state index contributed by atoms with van der Waals surface area (Å²) in [4.78, 5) is 45.6. The first kappa shape index (κ1) is 24.0. The molecule has 4 rings (SSSR count). The Kier molecular flexibility index (Phi) is 6.75. The Morgan fingerprint density at radius 2 is 1.97 bits per heavy atom. The van der Waals surface area contributed by atoms with Crippen LogP contribution in [0.4, 0.5) is 0 Å². The molecule has 3 unspecified atom stereocenters. The van der Waals surface area contributed by atoms with Crippen LogP contribution in [0, 0.1) is 0 Å². The summed E-state index contributed by atoms with van der Waals surface area (Å²) in [5.41, 5.74) is 0. The molecule has 4 heterocycles. The predicted octanol–water partition coefficient (Wildman–Crippen LogP) is 0.129. The van der Waals surface area contributed by atoms with E-state index in [1.807, 2.05) is 0 Å². The number of esters is 1. The Hall–Kier alpha value is -3.19. The Labute approximate surface area is 196 Å². The minimum Gasteiger partial charge on any atom is -0.467 e. The van der Waals surface area contributed by atoms with E-state index >= 15 is 0 Å². The lowest BCUT2D eigenvalue weighted by Crippen LogP contribution is -2.59. The summed E-state index contributed by atoms with van der Waals surface area (Å²) < 4.78 is 39.8. The number of nitrogens with zero attached hydrogens (tertiary/aromatic N) is 4. The number of amides is 2. The molecule has 13 heteroatoms. The van der Waals surface area contributed by atoms with Gasteiger partial charge in [-0.05, 0) is 37.8 Å². The number of piperidine rings is 1. The summed E-state index contributed by atoms with van der Waals surface area (Å²) in [6, 6.07) is 0.760. The zero-order valence-corrected chi connectivity index (χ0v) is 19.7. The summed E-state index contributed by atoms with van der Waals surface area (Å²) in [6.45, 7) is 0.476. The maximum Gasteiger partial charge on any atom is 0.328 e. The number of aryl methyl sites for hydroxylation is 1. The summed E-state index contributed by atoms with van der Waals surface area (Å²) in [7, 11) is -0.996. The van der Waals surface area contributed by atoms with Crippen LogP contribution in [0.25, 0.3) is 0 Å². The highest BCUT2D eigenvalue weighted by atomic mass is 32.2. The van der Waals surface area contributed by atoms with E-state index in [1.165, 1.54) is 46.3 Å². The third kappa shape index (κ3) is 4.71.